The average Bonchev–Trinajstić information content (AvgIpc) is 3.13. The minimum atomic E-state index is -4.21. The molecule has 11 nitrogen and oxygen atoms in total. The molecule has 3 aromatic rings. The number of amides is 1. The quantitative estimate of drug-likeness (QED) is 0.0455. The molecule has 1 amide bonds. The summed E-state index contributed by atoms with van der Waals surface area (Å²) < 4.78 is 44.5. The van der Waals surface area contributed by atoms with Crippen molar-refractivity contribution in [1.29, 1.82) is 0 Å². The third kappa shape index (κ3) is 11.8. The highest BCUT2D eigenvalue weighted by atomic mass is 33.1. The Bertz CT molecular complexity index is 1840. The lowest BCUT2D eigenvalue weighted by atomic mass is 9.71. The Kier molecular flexibility index (Phi) is 15.7. The van der Waals surface area contributed by atoms with Crippen molar-refractivity contribution >= 4 is 60.7 Å². The third-order valence-electron chi connectivity index (χ3n) is 8.92. The summed E-state index contributed by atoms with van der Waals surface area (Å²) >= 11 is 0. The van der Waals surface area contributed by atoms with Gasteiger partial charge in [0.25, 0.3) is 10.0 Å². The van der Waals surface area contributed by atoms with Crippen molar-refractivity contribution in [3.63, 3.8) is 0 Å². The summed E-state index contributed by atoms with van der Waals surface area (Å²) in [6.45, 7) is 2.21. The Morgan fingerprint density at radius 1 is 0.943 bits per heavy atom. The maximum absolute atomic E-state index is 13.2. The van der Waals surface area contributed by atoms with Crippen LogP contribution in [0.4, 0.5) is 4.79 Å². The van der Waals surface area contributed by atoms with E-state index in [0.717, 1.165) is 43.5 Å². The zero-order chi connectivity index (χ0) is 38.4. The van der Waals surface area contributed by atoms with Crippen LogP contribution in [0.3, 0.4) is 0 Å². The lowest BCUT2D eigenvalue weighted by molar-refractivity contribution is -0.174. The van der Waals surface area contributed by atoms with E-state index in [1.165, 1.54) is 52.8 Å². The predicted octanol–water partition coefficient (Wildman–Crippen LogP) is 6.88. The number of nitrogens with two attached hydrogens (primary N) is 1. The Hall–Kier alpha value is -3.98. The van der Waals surface area contributed by atoms with E-state index in [4.69, 9.17) is 19.9 Å². The molecule has 0 heterocycles. The number of allylic oxidation sites excluding steroid dienone is 1. The van der Waals surface area contributed by atoms with E-state index in [0.29, 0.717) is 34.6 Å². The number of hydrogen-bond acceptors (Lipinski definition) is 12. The van der Waals surface area contributed by atoms with Crippen LogP contribution in [0.2, 0.25) is 0 Å². The van der Waals surface area contributed by atoms with Crippen molar-refractivity contribution in [2.75, 3.05) is 45.9 Å². The number of carbonyl (C=O) groups excluding carboxylic acids is 3. The molecule has 1 aliphatic carbocycles. The van der Waals surface area contributed by atoms with Gasteiger partial charge in [-0.1, -0.05) is 82.6 Å². The number of rotatable bonds is 18. The molecule has 2 atom stereocenters. The van der Waals surface area contributed by atoms with Gasteiger partial charge in [-0.15, -0.1) is 0 Å². The summed E-state index contributed by atoms with van der Waals surface area (Å²) in [4.78, 5) is 39.9. The van der Waals surface area contributed by atoms with Gasteiger partial charge in [0, 0.05) is 36.0 Å². The van der Waals surface area contributed by atoms with Gasteiger partial charge < -0.3 is 24.8 Å². The highest BCUT2D eigenvalue weighted by molar-refractivity contribution is 8.76. The lowest BCUT2D eigenvalue weighted by Crippen LogP contribution is -2.46. The van der Waals surface area contributed by atoms with Gasteiger partial charge in [-0.05, 0) is 87.7 Å². The van der Waals surface area contributed by atoms with Crippen molar-refractivity contribution < 1.29 is 37.0 Å². The Balaban J connectivity index is 1.20. The van der Waals surface area contributed by atoms with Gasteiger partial charge in [0.1, 0.15) is 18.0 Å². The topological polar surface area (TPSA) is 154 Å². The van der Waals surface area contributed by atoms with E-state index in [1.54, 1.807) is 31.4 Å². The standard InChI is InChI=1S/C39H49N3O8S3/c1-28(43)36(29-12-6-5-7-13-29)37(40)30-18-20-34(21-19-30)53(46,47)41-38(45)49-23-25-52-51-24-11-17-35(44)50-39(31-15-10-16-33(26-31)48-4)22-9-8-14-32(39)27-42(2)3/h5-7,10,12-13,15-16,18-21,26,32H,8-9,11,14,17,22-25,27,40H2,1-4H3,(H,41,45)/t32-,39+/m1/s1. The number of hydrogen-bond donors (Lipinski definition) is 2. The second-order valence-corrected chi connectivity index (χ2v) is 17.4. The van der Waals surface area contributed by atoms with Crippen molar-refractivity contribution in [2.45, 2.75) is 55.9 Å². The molecular formula is C39H49N3O8S3. The third-order valence-corrected chi connectivity index (χ3v) is 12.7. The molecule has 0 bridgehead atoms. The minimum absolute atomic E-state index is 0.00897. The Morgan fingerprint density at radius 2 is 1.66 bits per heavy atom. The molecule has 0 spiro atoms. The molecule has 0 unspecified atom stereocenters. The maximum atomic E-state index is 13.2. The molecule has 286 valence electrons. The predicted molar refractivity (Wildman–Crippen MR) is 212 cm³/mol. The fourth-order valence-corrected chi connectivity index (χ4v) is 9.28. The van der Waals surface area contributed by atoms with E-state index in [1.807, 2.05) is 49.1 Å². The highest BCUT2D eigenvalue weighted by Gasteiger charge is 2.46. The number of benzene rings is 3. The summed E-state index contributed by atoms with van der Waals surface area (Å²) in [6.07, 6.45) is 3.61. The number of ketones is 1. The number of nitrogens with one attached hydrogen (secondary N) is 1. The number of carbonyl (C=O) groups is 3. The van der Waals surface area contributed by atoms with Crippen LogP contribution in [-0.2, 0) is 34.7 Å². The summed E-state index contributed by atoms with van der Waals surface area (Å²) in [5.41, 5.74) is 8.21. The van der Waals surface area contributed by atoms with E-state index in [2.05, 4.69) is 4.90 Å². The lowest BCUT2D eigenvalue weighted by Gasteiger charge is -2.45. The van der Waals surface area contributed by atoms with Crippen LogP contribution < -0.4 is 15.2 Å². The number of nitrogens with zero attached hydrogens (tertiary/aromatic N) is 1. The van der Waals surface area contributed by atoms with Crippen LogP contribution in [0.25, 0.3) is 11.3 Å². The second-order valence-electron chi connectivity index (χ2n) is 13.0. The van der Waals surface area contributed by atoms with Gasteiger partial charge in [0.15, 0.2) is 5.78 Å². The van der Waals surface area contributed by atoms with E-state index < -0.39 is 21.7 Å². The molecule has 1 aliphatic rings. The zero-order valence-corrected chi connectivity index (χ0v) is 33.1. The van der Waals surface area contributed by atoms with Gasteiger partial charge in [-0.2, -0.15) is 0 Å². The monoisotopic (exact) mass is 783 g/mol. The molecular weight excluding hydrogens is 735 g/mol. The first-order valence-corrected chi connectivity index (χ1v) is 21.4. The molecule has 4 rings (SSSR count). The fraction of sp³-hybridized carbons (Fsp3) is 0.410. The first-order chi connectivity index (χ1) is 25.4. The molecule has 53 heavy (non-hydrogen) atoms. The second kappa shape index (κ2) is 19.9. The molecule has 14 heteroatoms. The summed E-state index contributed by atoms with van der Waals surface area (Å²) in [6, 6.07) is 22.4. The highest BCUT2D eigenvalue weighted by Crippen LogP contribution is 2.46. The van der Waals surface area contributed by atoms with Crippen molar-refractivity contribution in [3.8, 4) is 5.75 Å². The molecule has 3 N–H and O–H groups in total. The van der Waals surface area contributed by atoms with E-state index >= 15 is 0 Å². The molecule has 1 saturated carbocycles. The number of methoxy groups -OCH3 is 1. The Labute approximate surface area is 320 Å². The van der Waals surface area contributed by atoms with Crippen LogP contribution in [0.5, 0.6) is 5.75 Å². The van der Waals surface area contributed by atoms with Crippen LogP contribution in [0.15, 0.2) is 83.8 Å². The van der Waals surface area contributed by atoms with Crippen LogP contribution >= 0.6 is 21.6 Å². The molecule has 0 aromatic heterocycles. The molecule has 0 radical (unpaired) electrons. The number of sulfonamides is 1. The van der Waals surface area contributed by atoms with Gasteiger partial charge in [0.2, 0.25) is 0 Å². The van der Waals surface area contributed by atoms with Crippen LogP contribution in [-0.4, -0.2) is 77.0 Å². The summed E-state index contributed by atoms with van der Waals surface area (Å²) in [5.74, 6) is 1.55. The van der Waals surface area contributed by atoms with Crippen molar-refractivity contribution in [1.82, 2.24) is 9.62 Å². The van der Waals surface area contributed by atoms with Crippen LogP contribution in [0.1, 0.15) is 62.1 Å². The molecule has 0 saturated heterocycles. The zero-order valence-electron chi connectivity index (χ0n) is 30.7. The number of Topliss-reactive ketones (excluding diaryl/α,β-unsaturated/α-hetero) is 1. The fourth-order valence-electron chi connectivity index (χ4n) is 6.48. The minimum Gasteiger partial charge on any atom is -0.497 e. The summed E-state index contributed by atoms with van der Waals surface area (Å²) in [5, 5.41) is 0. The molecule has 0 aliphatic heterocycles. The molecule has 1 fully saturated rings. The smallest absolute Gasteiger partial charge is 0.421 e. The first kappa shape index (κ1) is 41.8. The van der Waals surface area contributed by atoms with Gasteiger partial charge in [-0.3, -0.25) is 9.59 Å². The van der Waals surface area contributed by atoms with Gasteiger partial charge in [0.05, 0.1) is 17.7 Å². The van der Waals surface area contributed by atoms with Crippen molar-refractivity contribution in [2.24, 2.45) is 11.7 Å². The number of ether oxygens (including phenoxy) is 3. The average molecular weight is 784 g/mol. The van der Waals surface area contributed by atoms with E-state index in [-0.39, 0.29) is 41.3 Å². The van der Waals surface area contributed by atoms with E-state index in [9.17, 15) is 22.8 Å². The van der Waals surface area contributed by atoms with Gasteiger partial charge in [-0.25, -0.2) is 17.9 Å². The normalized spacial score (nSPS) is 17.8. The Morgan fingerprint density at radius 3 is 2.34 bits per heavy atom. The van der Waals surface area contributed by atoms with Crippen LogP contribution in [0, 0.1) is 5.92 Å². The first-order valence-electron chi connectivity index (χ1n) is 17.5. The largest absolute Gasteiger partial charge is 0.497 e. The SMILES string of the molecule is COc1cccc([C@@]2(OC(=O)CCCSSCCOC(=O)NS(=O)(=O)c3ccc(C(N)=C(C(C)=O)c4ccccc4)cc3)CCCC[C@@H]2CN(C)C)c1. The maximum Gasteiger partial charge on any atom is 0.421 e. The van der Waals surface area contributed by atoms with Gasteiger partial charge >= 0.3 is 12.1 Å². The number of esters is 1. The summed E-state index contributed by atoms with van der Waals surface area (Å²) in [7, 11) is 4.50. The molecule has 3 aromatic carbocycles. The van der Waals surface area contributed by atoms with Crippen molar-refractivity contribution in [3.05, 3.63) is 95.6 Å².